The first kappa shape index (κ1) is 44.3. The van der Waals surface area contributed by atoms with Crippen molar-refractivity contribution in [2.24, 2.45) is 11.8 Å². The van der Waals surface area contributed by atoms with Crippen molar-refractivity contribution >= 4 is 11.6 Å². The maximum absolute atomic E-state index is 15.2. The SMILES string of the molecule is O=C(c1c(O)cc(O)cc1O[C@H]1O[C@@H](CO)[C@H](O)[C@@H](O)[C@@H]1O)C1C(c2ccc(O)cc2)C(C(=O)c2c(O)cc(O)cc2O[C@H]2O[C@@H](CO)[C@H](O)[C@@H](O)[C@@H]2O)C1c1ccc(O)cc1. The van der Waals surface area contributed by atoms with E-state index in [2.05, 4.69) is 0 Å². The molecule has 0 radical (unpaired) electrons. The molecule has 0 bridgehead atoms. The monoisotopic (exact) mass is 868 g/mol. The minimum absolute atomic E-state index is 0.202. The van der Waals surface area contributed by atoms with Gasteiger partial charge in [-0.25, -0.2) is 0 Å². The molecule has 3 aliphatic rings. The van der Waals surface area contributed by atoms with Crippen LogP contribution in [0.15, 0.2) is 72.8 Å². The lowest BCUT2D eigenvalue weighted by molar-refractivity contribution is -0.277. The predicted octanol–water partition coefficient (Wildman–Crippen LogP) is -0.843. The van der Waals surface area contributed by atoms with Crippen LogP contribution in [0.25, 0.3) is 0 Å². The number of Topliss-reactive ketones (excluding diaryl/α,β-unsaturated/α-hetero) is 2. The van der Waals surface area contributed by atoms with Crippen molar-refractivity contribution in [3.8, 4) is 46.0 Å². The van der Waals surface area contributed by atoms with Crippen LogP contribution in [-0.4, -0.2) is 158 Å². The molecule has 62 heavy (non-hydrogen) atoms. The predicted molar refractivity (Wildman–Crippen MR) is 206 cm³/mol. The van der Waals surface area contributed by atoms with E-state index < -0.39 is 155 Å². The van der Waals surface area contributed by atoms with E-state index in [4.69, 9.17) is 18.9 Å². The van der Waals surface area contributed by atoms with Crippen molar-refractivity contribution in [2.75, 3.05) is 13.2 Å². The van der Waals surface area contributed by atoms with Gasteiger partial charge in [-0.3, -0.25) is 9.59 Å². The van der Waals surface area contributed by atoms with Gasteiger partial charge in [0.05, 0.1) is 13.2 Å². The number of benzene rings is 4. The van der Waals surface area contributed by atoms with Crippen LogP contribution in [0.5, 0.6) is 46.0 Å². The lowest BCUT2D eigenvalue weighted by atomic mass is 9.49. The summed E-state index contributed by atoms with van der Waals surface area (Å²) in [7, 11) is 0. The second-order valence-corrected chi connectivity index (χ2v) is 15.3. The molecule has 332 valence electrons. The molecule has 20 nitrogen and oxygen atoms in total. The van der Waals surface area contributed by atoms with E-state index in [0.29, 0.717) is 0 Å². The number of aliphatic hydroxyl groups excluding tert-OH is 8. The van der Waals surface area contributed by atoms with E-state index in [1.54, 1.807) is 0 Å². The summed E-state index contributed by atoms with van der Waals surface area (Å²) in [5.41, 5.74) is -0.748. The number of ether oxygens (including phenoxy) is 4. The van der Waals surface area contributed by atoms with Crippen LogP contribution in [0.4, 0.5) is 0 Å². The third kappa shape index (κ3) is 8.04. The van der Waals surface area contributed by atoms with E-state index in [0.717, 1.165) is 24.3 Å². The summed E-state index contributed by atoms with van der Waals surface area (Å²) in [4.78, 5) is 30.3. The van der Waals surface area contributed by atoms with Gasteiger partial charge in [0.2, 0.25) is 12.6 Å². The molecule has 0 aromatic heterocycles. The Morgan fingerprint density at radius 1 is 0.468 bits per heavy atom. The number of ketones is 2. The Morgan fingerprint density at radius 2 is 0.806 bits per heavy atom. The highest BCUT2D eigenvalue weighted by molar-refractivity contribution is 6.09. The Labute approximate surface area is 350 Å². The summed E-state index contributed by atoms with van der Waals surface area (Å²) in [5, 5.41) is 146. The molecule has 10 atom stereocenters. The zero-order chi connectivity index (χ0) is 44.9. The zero-order valence-corrected chi connectivity index (χ0v) is 32.1. The molecule has 4 aromatic rings. The summed E-state index contributed by atoms with van der Waals surface area (Å²) >= 11 is 0. The van der Waals surface area contributed by atoms with Gasteiger partial charge in [0.15, 0.2) is 11.6 Å². The Kier molecular flexibility index (Phi) is 12.5. The number of hydrogen-bond donors (Lipinski definition) is 14. The van der Waals surface area contributed by atoms with Gasteiger partial charge in [-0.05, 0) is 35.4 Å². The number of aliphatic hydroxyl groups is 8. The van der Waals surface area contributed by atoms with Gasteiger partial charge in [-0.2, -0.15) is 0 Å². The van der Waals surface area contributed by atoms with E-state index in [9.17, 15) is 71.5 Å². The molecular formula is C42H44O20. The highest BCUT2D eigenvalue weighted by Gasteiger charge is 2.59. The van der Waals surface area contributed by atoms with Gasteiger partial charge in [0.25, 0.3) is 0 Å². The van der Waals surface area contributed by atoms with Gasteiger partial charge < -0.3 is 90.4 Å². The summed E-state index contributed by atoms with van der Waals surface area (Å²) in [5.74, 6) is -11.8. The quantitative estimate of drug-likeness (QED) is 0.0772. The molecule has 0 spiro atoms. The molecular weight excluding hydrogens is 824 g/mol. The Hall–Kier alpha value is -5.78. The molecule has 2 aliphatic heterocycles. The maximum Gasteiger partial charge on any atom is 0.229 e. The first-order valence-electron chi connectivity index (χ1n) is 19.2. The Bertz CT molecular complexity index is 2100. The maximum atomic E-state index is 15.2. The Balaban J connectivity index is 1.35. The van der Waals surface area contributed by atoms with Crippen LogP contribution in [0.2, 0.25) is 0 Å². The number of rotatable bonds is 12. The van der Waals surface area contributed by atoms with Crippen LogP contribution in [0.3, 0.4) is 0 Å². The fraction of sp³-hybridized carbons (Fsp3) is 0.381. The van der Waals surface area contributed by atoms with Gasteiger partial charge >= 0.3 is 0 Å². The number of aromatic hydroxyl groups is 6. The van der Waals surface area contributed by atoms with E-state index >= 15 is 9.59 Å². The fourth-order valence-electron chi connectivity index (χ4n) is 8.39. The van der Waals surface area contributed by atoms with Crippen molar-refractivity contribution in [3.63, 3.8) is 0 Å². The van der Waals surface area contributed by atoms with Crippen LogP contribution in [0.1, 0.15) is 43.7 Å². The highest BCUT2D eigenvalue weighted by atomic mass is 16.7. The summed E-state index contributed by atoms with van der Waals surface area (Å²) in [6.45, 7) is -1.68. The number of phenols is 6. The standard InChI is InChI=1S/C42H44O20/c43-13-25-33(51)37(55)39(57)41(61-25)59-23-11-19(47)9-21(49)29(23)35(53)31-27(15-1-5-17(45)6-2-15)32(28(31)16-3-7-18(46)8-4-16)36(54)30-22(50)10-20(48)12-24(30)60-42-40(58)38(56)34(52)26(14-44)62-42/h1-12,25-28,31-34,37-52,55-58H,13-14H2/t25-,26-,27?,28?,31?,32?,33-,34-,37+,38+,39-,40-,41-,42-/m0/s1. The molecule has 2 saturated heterocycles. The number of phenolic OH excluding ortho intramolecular Hbond substituents is 6. The third-order valence-corrected chi connectivity index (χ3v) is 11.5. The average molecular weight is 869 g/mol. The number of carbonyl (C=O) groups is 2. The zero-order valence-electron chi connectivity index (χ0n) is 32.1. The largest absolute Gasteiger partial charge is 0.508 e. The second-order valence-electron chi connectivity index (χ2n) is 15.3. The van der Waals surface area contributed by atoms with Gasteiger partial charge in [0.1, 0.15) is 106 Å². The fourth-order valence-corrected chi connectivity index (χ4v) is 8.39. The molecule has 14 N–H and O–H groups in total. The molecule has 0 amide bonds. The van der Waals surface area contributed by atoms with Crippen LogP contribution >= 0.6 is 0 Å². The highest BCUT2D eigenvalue weighted by Crippen LogP contribution is 2.61. The van der Waals surface area contributed by atoms with E-state index in [-0.39, 0.29) is 22.6 Å². The second kappa shape index (κ2) is 17.5. The van der Waals surface area contributed by atoms with Crippen molar-refractivity contribution in [1.29, 1.82) is 0 Å². The molecule has 2 heterocycles. The number of hydrogen-bond acceptors (Lipinski definition) is 20. The van der Waals surface area contributed by atoms with Crippen LogP contribution < -0.4 is 9.47 Å². The minimum Gasteiger partial charge on any atom is -0.508 e. The van der Waals surface area contributed by atoms with Crippen molar-refractivity contribution < 1.29 is 100 Å². The smallest absolute Gasteiger partial charge is 0.229 e. The minimum atomic E-state index is -1.99. The molecule has 20 heteroatoms. The molecule has 1 aliphatic carbocycles. The van der Waals surface area contributed by atoms with Gasteiger partial charge in [0, 0.05) is 47.9 Å². The first-order valence-corrected chi connectivity index (χ1v) is 19.2. The first-order chi connectivity index (χ1) is 29.4. The van der Waals surface area contributed by atoms with Crippen molar-refractivity contribution in [2.45, 2.75) is 73.2 Å². The normalized spacial score (nSPS) is 32.1. The topological polar surface area (TPSA) is 354 Å². The van der Waals surface area contributed by atoms with Crippen LogP contribution in [0, 0.1) is 11.8 Å². The molecule has 3 fully saturated rings. The molecule has 4 aromatic carbocycles. The summed E-state index contributed by atoms with van der Waals surface area (Å²) < 4.78 is 22.5. The lowest BCUT2D eigenvalue weighted by Crippen LogP contribution is -2.60. The van der Waals surface area contributed by atoms with E-state index in [1.165, 1.54) is 48.5 Å². The van der Waals surface area contributed by atoms with Crippen LogP contribution in [-0.2, 0) is 9.47 Å². The third-order valence-electron chi connectivity index (χ3n) is 11.5. The average Bonchev–Trinajstić information content (AvgIpc) is 3.21. The molecule has 1 saturated carbocycles. The van der Waals surface area contributed by atoms with Gasteiger partial charge in [-0.15, -0.1) is 0 Å². The molecule has 0 unspecified atom stereocenters. The lowest BCUT2D eigenvalue weighted by Gasteiger charge is -2.51. The van der Waals surface area contributed by atoms with Gasteiger partial charge in [-0.1, -0.05) is 24.3 Å². The summed E-state index contributed by atoms with van der Waals surface area (Å²) in [6, 6.07) is 14.1. The number of carbonyl (C=O) groups excluding carboxylic acids is 2. The molecule has 7 rings (SSSR count). The van der Waals surface area contributed by atoms with Crippen molar-refractivity contribution in [3.05, 3.63) is 95.1 Å². The van der Waals surface area contributed by atoms with Crippen molar-refractivity contribution in [1.82, 2.24) is 0 Å². The van der Waals surface area contributed by atoms with E-state index in [1.807, 2.05) is 0 Å². The Morgan fingerprint density at radius 3 is 1.13 bits per heavy atom. The summed E-state index contributed by atoms with van der Waals surface area (Å²) in [6.07, 6.45) is -18.1.